The molecule has 0 radical (unpaired) electrons. The average Bonchev–Trinajstić information content (AvgIpc) is 3.60. The van der Waals surface area contributed by atoms with Gasteiger partial charge >= 0.3 is 0 Å². The number of H-pyrrole nitrogens is 1. The van der Waals surface area contributed by atoms with Crippen molar-refractivity contribution in [2.45, 2.75) is 0 Å². The Bertz CT molecular complexity index is 1880. The van der Waals surface area contributed by atoms with E-state index in [9.17, 15) is 14.4 Å². The highest BCUT2D eigenvalue weighted by Gasteiger charge is 2.29. The summed E-state index contributed by atoms with van der Waals surface area (Å²) in [5.41, 5.74) is 6.73. The fourth-order valence-electron chi connectivity index (χ4n) is 5.07. The van der Waals surface area contributed by atoms with Crippen molar-refractivity contribution in [1.29, 1.82) is 0 Å². The Morgan fingerprint density at radius 1 is 0.818 bits per heavy atom. The molecule has 0 aliphatic carbocycles. The first kappa shape index (κ1) is 28.4. The second-order valence-corrected chi connectivity index (χ2v) is 10.7. The van der Waals surface area contributed by atoms with Crippen LogP contribution in [0.4, 0.5) is 22.7 Å². The van der Waals surface area contributed by atoms with Crippen LogP contribution in [0, 0.1) is 0 Å². The maximum Gasteiger partial charge on any atom is 0.291 e. The highest BCUT2D eigenvalue weighted by atomic mass is 16.2. The van der Waals surface area contributed by atoms with Crippen LogP contribution in [0.2, 0.25) is 0 Å². The molecule has 1 aliphatic rings. The van der Waals surface area contributed by atoms with E-state index in [1.165, 1.54) is 0 Å². The minimum absolute atomic E-state index is 0.0183. The minimum atomic E-state index is -0.384. The third kappa shape index (κ3) is 5.79. The summed E-state index contributed by atoms with van der Waals surface area (Å²) in [4.78, 5) is 49.7. The zero-order valence-electron chi connectivity index (χ0n) is 24.5. The number of imidazole rings is 1. The van der Waals surface area contributed by atoms with Gasteiger partial charge in [0.15, 0.2) is 5.82 Å². The van der Waals surface area contributed by atoms with E-state index in [0.717, 1.165) is 22.5 Å². The summed E-state index contributed by atoms with van der Waals surface area (Å²) >= 11 is 0. The van der Waals surface area contributed by atoms with Crippen molar-refractivity contribution in [3.63, 3.8) is 0 Å². The van der Waals surface area contributed by atoms with Crippen LogP contribution in [-0.4, -0.2) is 60.3 Å². The van der Waals surface area contributed by atoms with E-state index in [0.29, 0.717) is 40.3 Å². The molecule has 1 aromatic heterocycles. The third-order valence-electron chi connectivity index (χ3n) is 7.29. The summed E-state index contributed by atoms with van der Waals surface area (Å²) in [5.74, 6) is -0.468. The van der Waals surface area contributed by atoms with E-state index in [1.807, 2.05) is 104 Å². The Morgan fingerprint density at radius 3 is 2.25 bits per heavy atom. The zero-order valence-corrected chi connectivity index (χ0v) is 24.5. The lowest BCUT2D eigenvalue weighted by Gasteiger charge is -2.20. The second-order valence-electron chi connectivity index (χ2n) is 10.7. The summed E-state index contributed by atoms with van der Waals surface area (Å²) in [6, 6.07) is 29.8. The molecule has 0 saturated carbocycles. The number of hydrogen-bond acceptors (Lipinski definition) is 6. The van der Waals surface area contributed by atoms with Crippen LogP contribution >= 0.6 is 0 Å². The number of carbonyl (C=O) groups is 3. The molecule has 4 aromatic carbocycles. The van der Waals surface area contributed by atoms with Gasteiger partial charge in [-0.25, -0.2) is 4.98 Å². The normalized spacial score (nSPS) is 13.4. The summed E-state index contributed by atoms with van der Waals surface area (Å²) in [5, 5.41) is 9.26. The van der Waals surface area contributed by atoms with Gasteiger partial charge in [-0.2, -0.15) is 0 Å². The molecule has 0 spiro atoms. The molecule has 4 N–H and O–H groups in total. The van der Waals surface area contributed by atoms with E-state index in [2.05, 4.69) is 25.9 Å². The minimum Gasteiger partial charge on any atom is -0.354 e. The molecule has 2 heterocycles. The Labute approximate surface area is 254 Å². The first-order valence-corrected chi connectivity index (χ1v) is 14.1. The van der Waals surface area contributed by atoms with Gasteiger partial charge in [-0.15, -0.1) is 0 Å². The lowest BCUT2D eigenvalue weighted by atomic mass is 9.99. The summed E-state index contributed by atoms with van der Waals surface area (Å²) in [6.45, 7) is 0.306. The van der Waals surface area contributed by atoms with Crippen LogP contribution in [0.1, 0.15) is 21.7 Å². The SMILES string of the molecule is CN(C)CC(=O)N(C)c1ccc(N/C(=C2\C(=O)Nc3cc(NC(=O)c4nc5ccccc5[nH]4)ccc32)c2ccccc2)cc1. The van der Waals surface area contributed by atoms with E-state index in [-0.39, 0.29) is 23.5 Å². The molecule has 1 aliphatic heterocycles. The van der Waals surface area contributed by atoms with Crippen molar-refractivity contribution < 1.29 is 14.4 Å². The topological polar surface area (TPSA) is 122 Å². The van der Waals surface area contributed by atoms with Crippen LogP contribution in [0.3, 0.4) is 0 Å². The maximum absolute atomic E-state index is 13.4. The number of likely N-dealkylation sites (N-methyl/N-ethyl adjacent to an activating group) is 2. The Morgan fingerprint density at radius 2 is 1.52 bits per heavy atom. The van der Waals surface area contributed by atoms with Crippen LogP contribution in [0.15, 0.2) is 97.1 Å². The standard InChI is InChI=1S/C34H31N7O3/c1-40(2)20-29(42)41(3)24-16-13-22(14-17-24)35-31(21-9-5-4-6-10-21)30-25-18-15-23(19-28(25)39-33(30)43)36-34(44)32-37-26-11-7-8-12-27(26)38-32/h4-19,35H,20H2,1-3H3,(H,36,44)(H,37,38)(H,39,43)/b31-30-. The third-order valence-corrected chi connectivity index (χ3v) is 7.29. The number of hydrogen-bond donors (Lipinski definition) is 4. The summed E-state index contributed by atoms with van der Waals surface area (Å²) in [7, 11) is 5.46. The molecular formula is C34H31N7O3. The molecule has 0 fully saturated rings. The molecule has 6 rings (SSSR count). The van der Waals surface area contributed by atoms with Crippen molar-refractivity contribution >= 4 is 62.8 Å². The largest absolute Gasteiger partial charge is 0.354 e. The number of fused-ring (bicyclic) bond motifs is 2. The van der Waals surface area contributed by atoms with Gasteiger partial charge in [-0.05, 0) is 74.3 Å². The smallest absolute Gasteiger partial charge is 0.291 e. The average molecular weight is 586 g/mol. The Kier molecular flexibility index (Phi) is 7.65. The molecule has 10 nitrogen and oxygen atoms in total. The molecule has 10 heteroatoms. The van der Waals surface area contributed by atoms with Crippen molar-refractivity contribution in [3.8, 4) is 0 Å². The van der Waals surface area contributed by atoms with Crippen LogP contribution < -0.4 is 20.9 Å². The molecule has 0 saturated heterocycles. The van der Waals surface area contributed by atoms with Crippen LogP contribution in [-0.2, 0) is 9.59 Å². The Balaban J connectivity index is 1.29. The number of aromatic nitrogens is 2. The van der Waals surface area contributed by atoms with E-state index >= 15 is 0 Å². The molecule has 5 aromatic rings. The van der Waals surface area contributed by atoms with Gasteiger partial charge in [0.05, 0.1) is 34.5 Å². The number of nitrogens with zero attached hydrogens (tertiary/aromatic N) is 3. The van der Waals surface area contributed by atoms with Gasteiger partial charge in [-0.3, -0.25) is 14.4 Å². The zero-order chi connectivity index (χ0) is 30.8. The van der Waals surface area contributed by atoms with Gasteiger partial charge in [0.2, 0.25) is 5.91 Å². The predicted octanol–water partition coefficient (Wildman–Crippen LogP) is 5.27. The van der Waals surface area contributed by atoms with E-state index < -0.39 is 0 Å². The predicted molar refractivity (Wildman–Crippen MR) is 174 cm³/mol. The summed E-state index contributed by atoms with van der Waals surface area (Å²) < 4.78 is 0. The number of rotatable bonds is 8. The van der Waals surface area contributed by atoms with Crippen LogP contribution in [0.5, 0.6) is 0 Å². The number of para-hydroxylation sites is 2. The number of nitrogens with one attached hydrogen (secondary N) is 4. The van der Waals surface area contributed by atoms with Gasteiger partial charge in [0.1, 0.15) is 0 Å². The van der Waals surface area contributed by atoms with Crippen molar-refractivity contribution in [2.75, 3.05) is 48.5 Å². The molecule has 0 unspecified atom stereocenters. The number of amides is 3. The van der Waals surface area contributed by atoms with Crippen molar-refractivity contribution in [2.24, 2.45) is 0 Å². The van der Waals surface area contributed by atoms with Gasteiger partial charge in [-0.1, -0.05) is 42.5 Å². The van der Waals surface area contributed by atoms with Crippen molar-refractivity contribution in [3.05, 3.63) is 114 Å². The lowest BCUT2D eigenvalue weighted by molar-refractivity contribution is -0.119. The Hall–Kier alpha value is -5.74. The molecule has 0 atom stereocenters. The van der Waals surface area contributed by atoms with Gasteiger partial charge in [0.25, 0.3) is 11.8 Å². The van der Waals surface area contributed by atoms with E-state index in [1.54, 1.807) is 24.1 Å². The van der Waals surface area contributed by atoms with E-state index in [4.69, 9.17) is 0 Å². The number of benzene rings is 4. The summed E-state index contributed by atoms with van der Waals surface area (Å²) in [6.07, 6.45) is 0. The molecular weight excluding hydrogens is 554 g/mol. The number of carbonyl (C=O) groups excluding carboxylic acids is 3. The first-order valence-electron chi connectivity index (χ1n) is 14.1. The fourth-order valence-corrected chi connectivity index (χ4v) is 5.07. The number of anilines is 4. The number of aromatic amines is 1. The maximum atomic E-state index is 13.4. The second kappa shape index (κ2) is 11.9. The first-order chi connectivity index (χ1) is 21.3. The lowest BCUT2D eigenvalue weighted by Crippen LogP contribution is -2.34. The van der Waals surface area contributed by atoms with Crippen LogP contribution in [0.25, 0.3) is 22.3 Å². The highest BCUT2D eigenvalue weighted by molar-refractivity contribution is 6.37. The highest BCUT2D eigenvalue weighted by Crippen LogP contribution is 2.39. The molecule has 44 heavy (non-hydrogen) atoms. The van der Waals surface area contributed by atoms with Gasteiger partial charge < -0.3 is 30.7 Å². The quantitative estimate of drug-likeness (QED) is 0.184. The fraction of sp³-hybridized carbons (Fsp3) is 0.118. The van der Waals surface area contributed by atoms with Gasteiger partial charge in [0, 0.05) is 29.7 Å². The molecule has 3 amide bonds. The van der Waals surface area contributed by atoms with Crippen molar-refractivity contribution in [1.82, 2.24) is 14.9 Å². The molecule has 0 bridgehead atoms. The molecule has 220 valence electrons. The monoisotopic (exact) mass is 585 g/mol.